The van der Waals surface area contributed by atoms with Crippen molar-refractivity contribution in [1.29, 1.82) is 0 Å². The van der Waals surface area contributed by atoms with E-state index in [2.05, 4.69) is 5.43 Å². The summed E-state index contributed by atoms with van der Waals surface area (Å²) in [5.74, 6) is -0.164. The largest absolute Gasteiger partial charge is 0.399 e. The molecule has 0 spiro atoms. The van der Waals surface area contributed by atoms with Crippen molar-refractivity contribution in [3.05, 3.63) is 35.9 Å². The maximum absolute atomic E-state index is 11.2. The van der Waals surface area contributed by atoms with Gasteiger partial charge in [0.15, 0.2) is 0 Å². The van der Waals surface area contributed by atoms with E-state index in [9.17, 15) is 4.79 Å². The lowest BCUT2D eigenvalue weighted by molar-refractivity contribution is -0.119. The van der Waals surface area contributed by atoms with Crippen molar-refractivity contribution in [3.8, 4) is 0 Å². The summed E-state index contributed by atoms with van der Waals surface area (Å²) < 4.78 is 0. The molecule has 3 N–H and O–H groups in total. The number of nitrogens with one attached hydrogen (secondary N) is 1. The van der Waals surface area contributed by atoms with E-state index in [1.54, 1.807) is 37.3 Å². The van der Waals surface area contributed by atoms with Crippen LogP contribution in [0.5, 0.6) is 0 Å². The number of nitrogens with zero attached hydrogens (tertiary/aromatic N) is 1. The van der Waals surface area contributed by atoms with Crippen LogP contribution in [0.2, 0.25) is 0 Å². The molecule has 80 valence electrons. The summed E-state index contributed by atoms with van der Waals surface area (Å²) >= 11 is 0. The highest BCUT2D eigenvalue weighted by molar-refractivity contribution is 5.91. The van der Waals surface area contributed by atoms with Gasteiger partial charge in [-0.15, -0.1) is 0 Å². The number of anilines is 1. The lowest BCUT2D eigenvalue weighted by atomic mass is 10.2. The zero-order chi connectivity index (χ0) is 11.3. The van der Waals surface area contributed by atoms with Crippen molar-refractivity contribution >= 4 is 17.7 Å². The third-order valence-corrected chi connectivity index (χ3v) is 1.67. The number of rotatable bonds is 3. The lowest BCUT2D eigenvalue weighted by Crippen LogP contribution is -2.34. The van der Waals surface area contributed by atoms with E-state index < -0.39 is 0 Å². The van der Waals surface area contributed by atoms with E-state index in [1.807, 2.05) is 12.1 Å². The first-order valence-electron chi connectivity index (χ1n) is 4.59. The molecule has 0 atom stereocenters. The van der Waals surface area contributed by atoms with E-state index in [1.165, 1.54) is 6.08 Å². The Labute approximate surface area is 89.3 Å². The first-order chi connectivity index (χ1) is 7.08. The molecular formula is C11H15N3O. The molecule has 0 unspecified atom stereocenters. The van der Waals surface area contributed by atoms with Gasteiger partial charge < -0.3 is 5.73 Å². The van der Waals surface area contributed by atoms with Crippen LogP contribution in [-0.4, -0.2) is 25.0 Å². The zero-order valence-electron chi connectivity index (χ0n) is 8.90. The molecule has 4 nitrogen and oxygen atoms in total. The molecule has 0 saturated carbocycles. The number of nitrogen functional groups attached to an aromatic ring is 1. The lowest BCUT2D eigenvalue weighted by Gasteiger charge is -2.08. The highest BCUT2D eigenvalue weighted by Crippen LogP contribution is 2.07. The predicted molar refractivity (Wildman–Crippen MR) is 61.7 cm³/mol. The number of hydrazine groups is 1. The summed E-state index contributed by atoms with van der Waals surface area (Å²) in [7, 11) is 3.51. The van der Waals surface area contributed by atoms with Crippen LogP contribution >= 0.6 is 0 Å². The summed E-state index contributed by atoms with van der Waals surface area (Å²) in [5.41, 5.74) is 9.80. The molecule has 0 bridgehead atoms. The van der Waals surface area contributed by atoms with E-state index >= 15 is 0 Å². The zero-order valence-corrected chi connectivity index (χ0v) is 8.90. The van der Waals surface area contributed by atoms with Crippen molar-refractivity contribution in [2.45, 2.75) is 0 Å². The molecule has 0 fully saturated rings. The van der Waals surface area contributed by atoms with Gasteiger partial charge in [-0.25, -0.2) is 5.01 Å². The average Bonchev–Trinajstić information content (AvgIpc) is 2.14. The second kappa shape index (κ2) is 5.17. The molecule has 15 heavy (non-hydrogen) atoms. The fraction of sp³-hybridized carbons (Fsp3) is 0.182. The fourth-order valence-electron chi connectivity index (χ4n) is 1.09. The summed E-state index contributed by atoms with van der Waals surface area (Å²) in [6, 6.07) is 7.34. The highest BCUT2D eigenvalue weighted by atomic mass is 16.2. The van der Waals surface area contributed by atoms with Gasteiger partial charge in [0, 0.05) is 25.9 Å². The van der Waals surface area contributed by atoms with Gasteiger partial charge in [0.1, 0.15) is 0 Å². The number of amides is 1. The number of hydrogen-bond acceptors (Lipinski definition) is 3. The standard InChI is InChI=1S/C11H15N3O/c1-14(2)13-11(15)7-6-9-4-3-5-10(12)8-9/h3-8H,12H2,1-2H3,(H,13,15)/b7-6+. The van der Waals surface area contributed by atoms with Crippen molar-refractivity contribution < 1.29 is 4.79 Å². The molecule has 0 aromatic heterocycles. The summed E-state index contributed by atoms with van der Waals surface area (Å²) in [6.45, 7) is 0. The Balaban J connectivity index is 2.61. The van der Waals surface area contributed by atoms with Gasteiger partial charge in [-0.05, 0) is 23.8 Å². The van der Waals surface area contributed by atoms with Crippen LogP contribution in [0.15, 0.2) is 30.3 Å². The van der Waals surface area contributed by atoms with Crippen molar-refractivity contribution in [1.82, 2.24) is 10.4 Å². The van der Waals surface area contributed by atoms with Gasteiger partial charge in [-0.1, -0.05) is 12.1 Å². The van der Waals surface area contributed by atoms with Crippen LogP contribution in [0.3, 0.4) is 0 Å². The first kappa shape index (κ1) is 11.3. The SMILES string of the molecule is CN(C)NC(=O)/C=C/c1cccc(N)c1. The summed E-state index contributed by atoms with van der Waals surface area (Å²) in [5, 5.41) is 1.59. The van der Waals surface area contributed by atoms with E-state index in [4.69, 9.17) is 5.73 Å². The van der Waals surface area contributed by atoms with Crippen LogP contribution in [0.1, 0.15) is 5.56 Å². The van der Waals surface area contributed by atoms with Crippen LogP contribution in [0.4, 0.5) is 5.69 Å². The van der Waals surface area contributed by atoms with Gasteiger partial charge in [0.2, 0.25) is 0 Å². The van der Waals surface area contributed by atoms with E-state index in [0.29, 0.717) is 5.69 Å². The maximum Gasteiger partial charge on any atom is 0.258 e. The Morgan fingerprint density at radius 2 is 2.20 bits per heavy atom. The number of benzene rings is 1. The molecule has 0 aliphatic carbocycles. The molecule has 0 aliphatic heterocycles. The van der Waals surface area contributed by atoms with Crippen molar-refractivity contribution in [3.63, 3.8) is 0 Å². The van der Waals surface area contributed by atoms with Crippen LogP contribution in [0.25, 0.3) is 6.08 Å². The molecule has 0 saturated heterocycles. The van der Waals surface area contributed by atoms with Crippen LogP contribution in [-0.2, 0) is 4.79 Å². The number of carbonyl (C=O) groups excluding carboxylic acids is 1. The average molecular weight is 205 g/mol. The highest BCUT2D eigenvalue weighted by Gasteiger charge is 1.95. The maximum atomic E-state index is 11.2. The fourth-order valence-corrected chi connectivity index (χ4v) is 1.09. The first-order valence-corrected chi connectivity index (χ1v) is 4.59. The van der Waals surface area contributed by atoms with Crippen molar-refractivity contribution in [2.75, 3.05) is 19.8 Å². The Kier molecular flexibility index (Phi) is 3.88. The summed E-state index contributed by atoms with van der Waals surface area (Å²) in [6.07, 6.45) is 3.18. The smallest absolute Gasteiger partial charge is 0.258 e. The molecule has 1 aromatic rings. The van der Waals surface area contributed by atoms with Gasteiger partial charge in [-0.3, -0.25) is 10.2 Å². The Morgan fingerprint density at radius 3 is 2.80 bits per heavy atom. The Hall–Kier alpha value is -1.81. The third kappa shape index (κ3) is 4.28. The topological polar surface area (TPSA) is 58.4 Å². The summed E-state index contributed by atoms with van der Waals surface area (Å²) in [4.78, 5) is 11.2. The van der Waals surface area contributed by atoms with Gasteiger partial charge in [0.05, 0.1) is 0 Å². The normalized spacial score (nSPS) is 10.9. The number of carbonyl (C=O) groups is 1. The molecule has 4 heteroatoms. The molecule has 1 aromatic carbocycles. The minimum atomic E-state index is -0.164. The number of nitrogens with two attached hydrogens (primary N) is 1. The van der Waals surface area contributed by atoms with E-state index in [0.717, 1.165) is 5.56 Å². The minimum absolute atomic E-state index is 0.164. The Morgan fingerprint density at radius 1 is 1.47 bits per heavy atom. The van der Waals surface area contributed by atoms with Crippen LogP contribution in [0, 0.1) is 0 Å². The molecular weight excluding hydrogens is 190 g/mol. The molecule has 1 rings (SSSR count). The van der Waals surface area contributed by atoms with Crippen LogP contribution < -0.4 is 11.2 Å². The molecule has 0 heterocycles. The van der Waals surface area contributed by atoms with Gasteiger partial charge in [-0.2, -0.15) is 0 Å². The molecule has 1 amide bonds. The second-order valence-corrected chi connectivity index (χ2v) is 3.37. The monoisotopic (exact) mass is 205 g/mol. The molecule has 0 aliphatic rings. The number of hydrogen-bond donors (Lipinski definition) is 2. The Bertz CT molecular complexity index is 372. The van der Waals surface area contributed by atoms with E-state index in [-0.39, 0.29) is 5.91 Å². The third-order valence-electron chi connectivity index (χ3n) is 1.67. The second-order valence-electron chi connectivity index (χ2n) is 3.37. The van der Waals surface area contributed by atoms with Gasteiger partial charge in [0.25, 0.3) is 5.91 Å². The van der Waals surface area contributed by atoms with Gasteiger partial charge >= 0.3 is 0 Å². The quantitative estimate of drug-likeness (QED) is 0.437. The molecule has 0 radical (unpaired) electrons. The van der Waals surface area contributed by atoms with Crippen molar-refractivity contribution in [2.24, 2.45) is 0 Å². The predicted octanol–water partition coefficient (Wildman–Crippen LogP) is 0.875. The minimum Gasteiger partial charge on any atom is -0.399 e.